The number of ether oxygens (including phenoxy) is 2. The summed E-state index contributed by atoms with van der Waals surface area (Å²) in [5, 5.41) is 0. The molecule has 22 heavy (non-hydrogen) atoms. The molecule has 2 heterocycles. The molecule has 0 radical (unpaired) electrons. The van der Waals surface area contributed by atoms with Crippen LogP contribution in [0.2, 0.25) is 0 Å². The molecule has 0 aromatic carbocycles. The highest BCUT2D eigenvalue weighted by Gasteiger charge is 2.54. The minimum atomic E-state index is -0.685. The van der Waals surface area contributed by atoms with E-state index in [1.54, 1.807) is 4.90 Å². The van der Waals surface area contributed by atoms with Crippen LogP contribution in [0.25, 0.3) is 0 Å². The third-order valence-corrected chi connectivity index (χ3v) is 4.51. The molecule has 126 valence electrons. The van der Waals surface area contributed by atoms with Gasteiger partial charge in [-0.05, 0) is 33.6 Å². The number of piperidine rings is 1. The molecule has 3 fully saturated rings. The number of hydrogen-bond acceptors (Lipinski definition) is 5. The zero-order chi connectivity index (χ0) is 15.8. The number of carbonyl (C=O) groups excluding carboxylic acids is 1. The zero-order valence-corrected chi connectivity index (χ0v) is 13.9. The lowest BCUT2D eigenvalue weighted by Gasteiger charge is -2.38. The maximum absolute atomic E-state index is 12.1. The Hall–Kier alpha value is -0.850. The lowest BCUT2D eigenvalue weighted by Crippen LogP contribution is -2.49. The first-order chi connectivity index (χ1) is 10.3. The largest absolute Gasteiger partial charge is 0.444 e. The monoisotopic (exact) mass is 313 g/mol. The topological polar surface area (TPSA) is 57.2 Å². The fraction of sp³-hybridized carbons (Fsp3) is 0.938. The van der Waals surface area contributed by atoms with E-state index in [1.807, 2.05) is 20.8 Å². The summed E-state index contributed by atoms with van der Waals surface area (Å²) in [5.74, 6) is -1.23. The Balaban J connectivity index is 1.55. The molecule has 0 aromatic heterocycles. The molecule has 6 nitrogen and oxygen atoms in total. The van der Waals surface area contributed by atoms with Crippen LogP contribution in [-0.4, -0.2) is 41.3 Å². The summed E-state index contributed by atoms with van der Waals surface area (Å²) in [6, 6.07) is 0. The second-order valence-electron chi connectivity index (χ2n) is 7.62. The van der Waals surface area contributed by atoms with Gasteiger partial charge < -0.3 is 14.4 Å². The van der Waals surface area contributed by atoms with E-state index in [2.05, 4.69) is 0 Å². The molecule has 2 saturated heterocycles. The van der Waals surface area contributed by atoms with Crippen molar-refractivity contribution in [3.05, 3.63) is 0 Å². The van der Waals surface area contributed by atoms with Crippen molar-refractivity contribution >= 4 is 6.09 Å². The highest BCUT2D eigenvalue weighted by atomic mass is 17.3. The van der Waals surface area contributed by atoms with E-state index in [9.17, 15) is 4.79 Å². The summed E-state index contributed by atoms with van der Waals surface area (Å²) in [4.78, 5) is 25.0. The Bertz CT molecular complexity index is 417. The Morgan fingerprint density at radius 1 is 0.955 bits per heavy atom. The van der Waals surface area contributed by atoms with E-state index in [-0.39, 0.29) is 6.09 Å². The second kappa shape index (κ2) is 5.65. The fourth-order valence-electron chi connectivity index (χ4n) is 3.34. The van der Waals surface area contributed by atoms with Crippen molar-refractivity contribution < 1.29 is 24.0 Å². The van der Waals surface area contributed by atoms with Crippen molar-refractivity contribution in [3.63, 3.8) is 0 Å². The summed E-state index contributed by atoms with van der Waals surface area (Å²) in [5.41, 5.74) is -0.470. The standard InChI is InChI=1S/C16H27NO5/c1-14(2,3)19-13(18)17-11-9-16(10-12-17)20-15(21-22-16)7-5-4-6-8-15/h4-12H2,1-3H3. The average molecular weight is 313 g/mol. The fourth-order valence-corrected chi connectivity index (χ4v) is 3.34. The SMILES string of the molecule is CC(C)(C)OC(=O)N1CCC2(CC1)OOC1(CCCCC1)O2. The molecule has 1 saturated carbocycles. The van der Waals surface area contributed by atoms with Crippen LogP contribution in [0.15, 0.2) is 0 Å². The highest BCUT2D eigenvalue weighted by Crippen LogP contribution is 2.46. The maximum atomic E-state index is 12.1. The smallest absolute Gasteiger partial charge is 0.410 e. The van der Waals surface area contributed by atoms with Gasteiger partial charge in [0.1, 0.15) is 5.60 Å². The van der Waals surface area contributed by atoms with Crippen molar-refractivity contribution in [3.8, 4) is 0 Å². The molecule has 0 aromatic rings. The van der Waals surface area contributed by atoms with Crippen LogP contribution < -0.4 is 0 Å². The number of nitrogens with zero attached hydrogens (tertiary/aromatic N) is 1. The molecule has 1 amide bonds. The molecule has 0 bridgehead atoms. The first-order valence-electron chi connectivity index (χ1n) is 8.37. The van der Waals surface area contributed by atoms with Crippen LogP contribution in [0.1, 0.15) is 65.7 Å². The minimum Gasteiger partial charge on any atom is -0.444 e. The first-order valence-corrected chi connectivity index (χ1v) is 8.37. The molecule has 2 spiro atoms. The van der Waals surface area contributed by atoms with Gasteiger partial charge in [0, 0.05) is 38.8 Å². The van der Waals surface area contributed by atoms with Gasteiger partial charge in [0.2, 0.25) is 11.6 Å². The van der Waals surface area contributed by atoms with Gasteiger partial charge in [-0.25, -0.2) is 4.79 Å². The molecule has 3 aliphatic rings. The summed E-state index contributed by atoms with van der Waals surface area (Å²) >= 11 is 0. The predicted molar refractivity (Wildman–Crippen MR) is 78.8 cm³/mol. The van der Waals surface area contributed by atoms with Crippen LogP contribution >= 0.6 is 0 Å². The summed E-state index contributed by atoms with van der Waals surface area (Å²) < 4.78 is 11.6. The highest BCUT2D eigenvalue weighted by molar-refractivity contribution is 5.68. The van der Waals surface area contributed by atoms with Gasteiger partial charge in [-0.1, -0.05) is 6.42 Å². The normalized spacial score (nSPS) is 27.3. The molecule has 0 atom stereocenters. The Morgan fingerprint density at radius 3 is 2.05 bits per heavy atom. The van der Waals surface area contributed by atoms with Crippen LogP contribution in [-0.2, 0) is 19.2 Å². The van der Waals surface area contributed by atoms with Crippen molar-refractivity contribution in [1.82, 2.24) is 4.90 Å². The summed E-state index contributed by atoms with van der Waals surface area (Å²) in [7, 11) is 0. The van der Waals surface area contributed by atoms with Crippen LogP contribution in [0.4, 0.5) is 4.79 Å². The Kier molecular flexibility index (Phi) is 4.12. The van der Waals surface area contributed by atoms with Crippen molar-refractivity contribution in [1.29, 1.82) is 0 Å². The molecule has 3 rings (SSSR count). The summed E-state index contributed by atoms with van der Waals surface area (Å²) in [6.07, 6.45) is 6.21. The number of hydrogen-bond donors (Lipinski definition) is 0. The number of amides is 1. The molecule has 2 aliphatic heterocycles. The second-order valence-corrected chi connectivity index (χ2v) is 7.62. The van der Waals surface area contributed by atoms with Crippen molar-refractivity contribution in [2.75, 3.05) is 13.1 Å². The Morgan fingerprint density at radius 2 is 1.50 bits per heavy atom. The van der Waals surface area contributed by atoms with Gasteiger partial charge in [-0.2, -0.15) is 9.78 Å². The van der Waals surface area contributed by atoms with E-state index in [0.717, 1.165) is 25.7 Å². The summed E-state index contributed by atoms with van der Waals surface area (Å²) in [6.45, 7) is 6.75. The number of carbonyl (C=O) groups is 1. The van der Waals surface area contributed by atoms with Gasteiger partial charge >= 0.3 is 6.09 Å². The molecule has 6 heteroatoms. The van der Waals surface area contributed by atoms with Gasteiger partial charge in [-0.15, -0.1) is 0 Å². The van der Waals surface area contributed by atoms with Crippen molar-refractivity contribution in [2.24, 2.45) is 0 Å². The van der Waals surface area contributed by atoms with E-state index in [4.69, 9.17) is 19.2 Å². The predicted octanol–water partition coefficient (Wildman–Crippen LogP) is 3.35. The lowest BCUT2D eigenvalue weighted by molar-refractivity contribution is -0.358. The molecular weight excluding hydrogens is 286 g/mol. The van der Waals surface area contributed by atoms with E-state index in [1.165, 1.54) is 6.42 Å². The quantitative estimate of drug-likeness (QED) is 0.642. The number of likely N-dealkylation sites (tertiary alicyclic amines) is 1. The van der Waals surface area contributed by atoms with Gasteiger partial charge in [-0.3, -0.25) is 0 Å². The van der Waals surface area contributed by atoms with Crippen LogP contribution in [0, 0.1) is 0 Å². The molecular formula is C16H27NO5. The first kappa shape index (κ1) is 16.0. The number of rotatable bonds is 0. The van der Waals surface area contributed by atoms with Crippen molar-refractivity contribution in [2.45, 2.75) is 82.9 Å². The van der Waals surface area contributed by atoms with Crippen LogP contribution in [0.3, 0.4) is 0 Å². The van der Waals surface area contributed by atoms with E-state index < -0.39 is 17.2 Å². The molecule has 0 N–H and O–H groups in total. The minimum absolute atomic E-state index is 0.270. The maximum Gasteiger partial charge on any atom is 0.410 e. The Labute approximate surface area is 132 Å². The van der Waals surface area contributed by atoms with Gasteiger partial charge in [0.05, 0.1) is 0 Å². The third kappa shape index (κ3) is 3.39. The zero-order valence-electron chi connectivity index (χ0n) is 13.9. The van der Waals surface area contributed by atoms with Crippen LogP contribution in [0.5, 0.6) is 0 Å². The van der Waals surface area contributed by atoms with E-state index >= 15 is 0 Å². The third-order valence-electron chi connectivity index (χ3n) is 4.51. The lowest BCUT2D eigenvalue weighted by atomic mass is 9.93. The van der Waals surface area contributed by atoms with Gasteiger partial charge in [0.25, 0.3) is 0 Å². The van der Waals surface area contributed by atoms with Gasteiger partial charge in [0.15, 0.2) is 0 Å². The molecule has 0 unspecified atom stereocenters. The average Bonchev–Trinajstić information content (AvgIpc) is 2.77. The van der Waals surface area contributed by atoms with E-state index in [0.29, 0.717) is 25.9 Å². The molecule has 1 aliphatic carbocycles.